The number of hydrogen-bond acceptors (Lipinski definition) is 4. The van der Waals surface area contributed by atoms with Crippen molar-refractivity contribution in [2.24, 2.45) is 5.73 Å². The van der Waals surface area contributed by atoms with E-state index in [1.807, 2.05) is 0 Å². The van der Waals surface area contributed by atoms with Gasteiger partial charge in [0.25, 0.3) is 0 Å². The predicted molar refractivity (Wildman–Crippen MR) is 103 cm³/mol. The van der Waals surface area contributed by atoms with Crippen LogP contribution in [0.5, 0.6) is 0 Å². The Labute approximate surface area is 164 Å². The van der Waals surface area contributed by atoms with E-state index >= 15 is 0 Å². The lowest BCUT2D eigenvalue weighted by Gasteiger charge is -2.24. The largest absolute Gasteiger partial charge is 0.366 e. The second-order valence-electron chi connectivity index (χ2n) is 6.56. The standard InChI is InChI=1S/C20H16FN5O3/c21-13-5-1-11(2-6-13)15-10-23-26-16(9-17(27)25-19(15)26)20(29)24-14-7-3-12(4-8-14)18(22)28/h1-8,10,16H,9H2,(H2,22,28)(H,24,29)(H,25,27). The minimum atomic E-state index is -0.858. The van der Waals surface area contributed by atoms with Gasteiger partial charge in [0, 0.05) is 16.8 Å². The fourth-order valence-electron chi connectivity index (χ4n) is 3.16. The summed E-state index contributed by atoms with van der Waals surface area (Å²) in [5.41, 5.74) is 7.23. The summed E-state index contributed by atoms with van der Waals surface area (Å²) in [7, 11) is 0. The van der Waals surface area contributed by atoms with Crippen LogP contribution in [0.2, 0.25) is 0 Å². The molecule has 2 heterocycles. The second-order valence-corrected chi connectivity index (χ2v) is 6.56. The van der Waals surface area contributed by atoms with E-state index in [1.165, 1.54) is 35.1 Å². The van der Waals surface area contributed by atoms with Crippen molar-refractivity contribution in [1.82, 2.24) is 9.78 Å². The van der Waals surface area contributed by atoms with E-state index in [0.717, 1.165) is 0 Å². The fourth-order valence-corrected chi connectivity index (χ4v) is 3.16. The van der Waals surface area contributed by atoms with E-state index in [0.29, 0.717) is 28.2 Å². The van der Waals surface area contributed by atoms with Crippen molar-refractivity contribution in [3.8, 4) is 11.1 Å². The van der Waals surface area contributed by atoms with Crippen molar-refractivity contribution in [3.63, 3.8) is 0 Å². The van der Waals surface area contributed by atoms with Gasteiger partial charge in [0.15, 0.2) is 0 Å². The summed E-state index contributed by atoms with van der Waals surface area (Å²) in [4.78, 5) is 36.1. The highest BCUT2D eigenvalue weighted by molar-refractivity contribution is 6.03. The Bertz CT molecular complexity index is 1110. The number of primary amides is 1. The summed E-state index contributed by atoms with van der Waals surface area (Å²) in [5.74, 6) is -1.33. The first-order valence-corrected chi connectivity index (χ1v) is 8.76. The fraction of sp³-hybridized carbons (Fsp3) is 0.100. The molecule has 9 heteroatoms. The van der Waals surface area contributed by atoms with Crippen molar-refractivity contribution >= 4 is 29.2 Å². The maximum Gasteiger partial charge on any atom is 0.249 e. The highest BCUT2D eigenvalue weighted by Crippen LogP contribution is 2.34. The first-order valence-electron chi connectivity index (χ1n) is 8.76. The van der Waals surface area contributed by atoms with Gasteiger partial charge in [-0.25, -0.2) is 9.07 Å². The number of benzene rings is 2. The van der Waals surface area contributed by atoms with E-state index in [1.54, 1.807) is 24.3 Å². The summed E-state index contributed by atoms with van der Waals surface area (Å²) in [6.45, 7) is 0. The smallest absolute Gasteiger partial charge is 0.249 e. The number of nitrogens with two attached hydrogens (primary N) is 1. The van der Waals surface area contributed by atoms with Gasteiger partial charge < -0.3 is 16.4 Å². The van der Waals surface area contributed by atoms with Crippen LogP contribution < -0.4 is 16.4 Å². The minimum Gasteiger partial charge on any atom is -0.366 e. The molecule has 0 fully saturated rings. The summed E-state index contributed by atoms with van der Waals surface area (Å²) >= 11 is 0. The molecule has 1 aliphatic rings. The molecule has 0 radical (unpaired) electrons. The topological polar surface area (TPSA) is 119 Å². The number of anilines is 2. The van der Waals surface area contributed by atoms with Crippen LogP contribution >= 0.6 is 0 Å². The van der Waals surface area contributed by atoms with Crippen LogP contribution in [0, 0.1) is 5.82 Å². The van der Waals surface area contributed by atoms with Gasteiger partial charge in [0.2, 0.25) is 17.7 Å². The van der Waals surface area contributed by atoms with Crippen LogP contribution in [-0.4, -0.2) is 27.5 Å². The molecule has 0 spiro atoms. The number of fused-ring (bicyclic) bond motifs is 1. The molecule has 8 nitrogen and oxygen atoms in total. The number of nitrogens with one attached hydrogen (secondary N) is 2. The lowest BCUT2D eigenvalue weighted by Crippen LogP contribution is -2.35. The zero-order chi connectivity index (χ0) is 20.5. The Morgan fingerprint density at radius 3 is 2.48 bits per heavy atom. The Balaban J connectivity index is 1.61. The van der Waals surface area contributed by atoms with Gasteiger partial charge in [0.05, 0.1) is 12.6 Å². The van der Waals surface area contributed by atoms with Crippen molar-refractivity contribution in [2.75, 3.05) is 10.6 Å². The third kappa shape index (κ3) is 3.57. The van der Waals surface area contributed by atoms with Crippen molar-refractivity contribution in [2.45, 2.75) is 12.5 Å². The lowest BCUT2D eigenvalue weighted by atomic mass is 10.1. The number of carbonyl (C=O) groups excluding carboxylic acids is 3. The highest BCUT2D eigenvalue weighted by atomic mass is 19.1. The number of halogens is 1. The number of nitrogens with zero attached hydrogens (tertiary/aromatic N) is 2. The predicted octanol–water partition coefficient (Wildman–Crippen LogP) is 2.31. The van der Waals surface area contributed by atoms with Crippen LogP contribution in [-0.2, 0) is 9.59 Å². The number of hydrogen-bond donors (Lipinski definition) is 3. The molecule has 2 aromatic carbocycles. The maximum atomic E-state index is 13.2. The summed E-state index contributed by atoms with van der Waals surface area (Å²) < 4.78 is 14.6. The second kappa shape index (κ2) is 7.19. The first kappa shape index (κ1) is 18.4. The van der Waals surface area contributed by atoms with Crippen molar-refractivity contribution in [3.05, 3.63) is 66.1 Å². The van der Waals surface area contributed by atoms with Crippen molar-refractivity contribution < 1.29 is 18.8 Å². The first-order chi connectivity index (χ1) is 13.9. The summed E-state index contributed by atoms with van der Waals surface area (Å²) in [6, 6.07) is 11.0. The molecule has 0 bridgehead atoms. The van der Waals surface area contributed by atoms with Crippen LogP contribution in [0.4, 0.5) is 15.9 Å². The third-order valence-corrected chi connectivity index (χ3v) is 4.62. The summed E-state index contributed by atoms with van der Waals surface area (Å²) in [5, 5.41) is 9.70. The molecular formula is C20H16FN5O3. The SMILES string of the molecule is NC(=O)c1ccc(NC(=O)C2CC(=O)Nc3c(-c4ccc(F)cc4)cnn32)cc1. The molecule has 1 atom stereocenters. The van der Waals surface area contributed by atoms with Gasteiger partial charge in [0.1, 0.15) is 17.7 Å². The van der Waals surface area contributed by atoms with Crippen LogP contribution in [0.1, 0.15) is 22.8 Å². The molecule has 29 heavy (non-hydrogen) atoms. The van der Waals surface area contributed by atoms with Gasteiger partial charge >= 0.3 is 0 Å². The Morgan fingerprint density at radius 2 is 1.83 bits per heavy atom. The Hall–Kier alpha value is -4.01. The van der Waals surface area contributed by atoms with Crippen LogP contribution in [0.15, 0.2) is 54.7 Å². The average molecular weight is 393 g/mol. The van der Waals surface area contributed by atoms with Gasteiger partial charge in [-0.1, -0.05) is 12.1 Å². The van der Waals surface area contributed by atoms with E-state index < -0.39 is 17.9 Å². The molecule has 4 N–H and O–H groups in total. The molecule has 0 saturated carbocycles. The zero-order valence-corrected chi connectivity index (χ0v) is 15.1. The van der Waals surface area contributed by atoms with E-state index in [-0.39, 0.29) is 18.1 Å². The number of carbonyl (C=O) groups is 3. The monoisotopic (exact) mass is 393 g/mol. The molecule has 146 valence electrons. The molecular weight excluding hydrogens is 377 g/mol. The quantitative estimate of drug-likeness (QED) is 0.630. The molecule has 0 aliphatic carbocycles. The van der Waals surface area contributed by atoms with E-state index in [2.05, 4.69) is 15.7 Å². The molecule has 0 saturated heterocycles. The van der Waals surface area contributed by atoms with Gasteiger partial charge in [-0.15, -0.1) is 0 Å². The maximum absolute atomic E-state index is 13.2. The summed E-state index contributed by atoms with van der Waals surface area (Å²) in [6.07, 6.45) is 1.44. The lowest BCUT2D eigenvalue weighted by molar-refractivity contribution is -0.125. The molecule has 1 aliphatic heterocycles. The average Bonchev–Trinajstić information content (AvgIpc) is 3.12. The molecule has 1 aromatic heterocycles. The van der Waals surface area contributed by atoms with E-state index in [9.17, 15) is 18.8 Å². The Morgan fingerprint density at radius 1 is 1.14 bits per heavy atom. The van der Waals surface area contributed by atoms with Crippen LogP contribution in [0.3, 0.4) is 0 Å². The molecule has 4 rings (SSSR count). The normalized spacial score (nSPS) is 15.3. The minimum absolute atomic E-state index is 0.0806. The zero-order valence-electron chi connectivity index (χ0n) is 15.1. The van der Waals surface area contributed by atoms with Gasteiger partial charge in [-0.2, -0.15) is 5.10 Å². The highest BCUT2D eigenvalue weighted by Gasteiger charge is 2.33. The number of amides is 3. The van der Waals surface area contributed by atoms with E-state index in [4.69, 9.17) is 5.73 Å². The van der Waals surface area contributed by atoms with Gasteiger partial charge in [-0.05, 0) is 42.0 Å². The third-order valence-electron chi connectivity index (χ3n) is 4.62. The van der Waals surface area contributed by atoms with Crippen LogP contribution in [0.25, 0.3) is 11.1 Å². The Kier molecular flexibility index (Phi) is 4.55. The number of aromatic nitrogens is 2. The van der Waals surface area contributed by atoms with Crippen molar-refractivity contribution in [1.29, 1.82) is 0 Å². The molecule has 3 aromatic rings. The number of rotatable bonds is 4. The molecule has 1 unspecified atom stereocenters. The molecule has 3 amide bonds. The van der Waals surface area contributed by atoms with Gasteiger partial charge in [-0.3, -0.25) is 14.4 Å².